The summed E-state index contributed by atoms with van der Waals surface area (Å²) in [4.78, 5) is 3.98. The summed E-state index contributed by atoms with van der Waals surface area (Å²) in [6.45, 7) is 2.27. The van der Waals surface area contributed by atoms with Crippen LogP contribution in [0.3, 0.4) is 0 Å². The summed E-state index contributed by atoms with van der Waals surface area (Å²) in [5.74, 6) is 0.860. The van der Waals surface area contributed by atoms with Crippen molar-refractivity contribution in [2.24, 2.45) is 5.92 Å². The molecule has 1 aliphatic rings. The van der Waals surface area contributed by atoms with E-state index in [9.17, 15) is 0 Å². The molecule has 0 aromatic carbocycles. The highest BCUT2D eigenvalue weighted by atomic mass is 14.9. The first-order chi connectivity index (χ1) is 8.31. The Labute approximate surface area is 103 Å². The lowest BCUT2D eigenvalue weighted by atomic mass is 9.84. The fourth-order valence-corrected chi connectivity index (χ4v) is 2.61. The SMILES string of the molecule is CCC1CCCC(Nc2ccnc(C#N)c2)C1. The van der Waals surface area contributed by atoms with E-state index in [2.05, 4.69) is 23.3 Å². The molecule has 1 fully saturated rings. The molecule has 3 nitrogen and oxygen atoms in total. The molecule has 1 heterocycles. The summed E-state index contributed by atoms with van der Waals surface area (Å²) in [6.07, 6.45) is 8.14. The minimum atomic E-state index is 0.484. The maximum Gasteiger partial charge on any atom is 0.142 e. The van der Waals surface area contributed by atoms with Crippen LogP contribution >= 0.6 is 0 Å². The highest BCUT2D eigenvalue weighted by Gasteiger charge is 2.20. The fourth-order valence-electron chi connectivity index (χ4n) is 2.61. The van der Waals surface area contributed by atoms with Crippen LogP contribution in [0.4, 0.5) is 5.69 Å². The largest absolute Gasteiger partial charge is 0.382 e. The number of rotatable bonds is 3. The molecule has 1 aliphatic carbocycles. The first kappa shape index (κ1) is 11.9. The minimum Gasteiger partial charge on any atom is -0.382 e. The van der Waals surface area contributed by atoms with Crippen molar-refractivity contribution in [3.05, 3.63) is 24.0 Å². The smallest absolute Gasteiger partial charge is 0.142 e. The average Bonchev–Trinajstić information content (AvgIpc) is 2.39. The van der Waals surface area contributed by atoms with Crippen molar-refractivity contribution in [3.8, 4) is 6.07 Å². The van der Waals surface area contributed by atoms with Gasteiger partial charge in [0.2, 0.25) is 0 Å². The predicted octanol–water partition coefficient (Wildman–Crippen LogP) is 3.33. The van der Waals surface area contributed by atoms with E-state index in [1.165, 1.54) is 32.1 Å². The lowest BCUT2D eigenvalue weighted by Gasteiger charge is -2.29. The Kier molecular flexibility index (Phi) is 3.98. The second-order valence-electron chi connectivity index (χ2n) is 4.82. The summed E-state index contributed by atoms with van der Waals surface area (Å²) >= 11 is 0. The Hall–Kier alpha value is -1.56. The lowest BCUT2D eigenvalue weighted by Crippen LogP contribution is -2.27. The van der Waals surface area contributed by atoms with Gasteiger partial charge in [-0.1, -0.05) is 26.2 Å². The third-order valence-electron chi connectivity index (χ3n) is 3.61. The Morgan fingerprint density at radius 3 is 3.18 bits per heavy atom. The van der Waals surface area contributed by atoms with Crippen LogP contribution in [0.25, 0.3) is 0 Å². The normalized spacial score (nSPS) is 24.0. The zero-order chi connectivity index (χ0) is 12.1. The number of nitrogens with one attached hydrogen (secondary N) is 1. The predicted molar refractivity (Wildman–Crippen MR) is 68.6 cm³/mol. The molecule has 0 aliphatic heterocycles. The number of nitriles is 1. The van der Waals surface area contributed by atoms with E-state index >= 15 is 0 Å². The van der Waals surface area contributed by atoms with Crippen molar-refractivity contribution in [2.45, 2.75) is 45.1 Å². The molecule has 17 heavy (non-hydrogen) atoms. The van der Waals surface area contributed by atoms with Gasteiger partial charge >= 0.3 is 0 Å². The number of aromatic nitrogens is 1. The highest BCUT2D eigenvalue weighted by Crippen LogP contribution is 2.28. The minimum absolute atomic E-state index is 0.484. The van der Waals surface area contributed by atoms with Crippen LogP contribution in [0.2, 0.25) is 0 Å². The summed E-state index contributed by atoms with van der Waals surface area (Å²) in [5, 5.41) is 12.3. The molecular weight excluding hydrogens is 210 g/mol. The van der Waals surface area contributed by atoms with Gasteiger partial charge in [0, 0.05) is 17.9 Å². The Morgan fingerprint density at radius 2 is 2.41 bits per heavy atom. The number of nitrogens with zero attached hydrogens (tertiary/aromatic N) is 2. The maximum atomic E-state index is 8.81. The Balaban J connectivity index is 1.98. The topological polar surface area (TPSA) is 48.7 Å². The molecule has 0 bridgehead atoms. The molecule has 0 spiro atoms. The average molecular weight is 229 g/mol. The van der Waals surface area contributed by atoms with Gasteiger partial charge in [0.05, 0.1) is 0 Å². The lowest BCUT2D eigenvalue weighted by molar-refractivity contribution is 0.327. The zero-order valence-electron chi connectivity index (χ0n) is 10.3. The van der Waals surface area contributed by atoms with Gasteiger partial charge in [-0.25, -0.2) is 4.98 Å². The Bertz CT molecular complexity index is 408. The van der Waals surface area contributed by atoms with Crippen molar-refractivity contribution in [1.29, 1.82) is 5.26 Å². The molecule has 1 aromatic heterocycles. The van der Waals surface area contributed by atoms with E-state index < -0.39 is 0 Å². The molecule has 2 unspecified atom stereocenters. The van der Waals surface area contributed by atoms with Crippen LogP contribution in [-0.4, -0.2) is 11.0 Å². The van der Waals surface area contributed by atoms with Crippen LogP contribution in [0, 0.1) is 17.2 Å². The van der Waals surface area contributed by atoms with Gasteiger partial charge < -0.3 is 5.32 Å². The maximum absolute atomic E-state index is 8.81. The summed E-state index contributed by atoms with van der Waals surface area (Å²) in [5.41, 5.74) is 1.51. The van der Waals surface area contributed by atoms with Gasteiger partial charge in [0.25, 0.3) is 0 Å². The Morgan fingerprint density at radius 1 is 1.53 bits per heavy atom. The second kappa shape index (κ2) is 5.67. The molecule has 2 rings (SSSR count). The van der Waals surface area contributed by atoms with Crippen molar-refractivity contribution in [2.75, 3.05) is 5.32 Å². The molecule has 1 saturated carbocycles. The van der Waals surface area contributed by atoms with E-state index in [0.29, 0.717) is 11.7 Å². The first-order valence-electron chi connectivity index (χ1n) is 6.44. The molecule has 1 aromatic rings. The van der Waals surface area contributed by atoms with Gasteiger partial charge in [-0.3, -0.25) is 0 Å². The van der Waals surface area contributed by atoms with E-state index in [1.54, 1.807) is 6.20 Å². The van der Waals surface area contributed by atoms with Crippen molar-refractivity contribution in [3.63, 3.8) is 0 Å². The quantitative estimate of drug-likeness (QED) is 0.864. The van der Waals surface area contributed by atoms with Crippen molar-refractivity contribution < 1.29 is 0 Å². The van der Waals surface area contributed by atoms with Crippen LogP contribution < -0.4 is 5.32 Å². The number of hydrogen-bond acceptors (Lipinski definition) is 3. The third-order valence-corrected chi connectivity index (χ3v) is 3.61. The first-order valence-corrected chi connectivity index (χ1v) is 6.44. The van der Waals surface area contributed by atoms with E-state index in [0.717, 1.165) is 11.6 Å². The molecular formula is C14H19N3. The van der Waals surface area contributed by atoms with Gasteiger partial charge in [-0.15, -0.1) is 0 Å². The molecule has 0 amide bonds. The highest BCUT2D eigenvalue weighted by molar-refractivity contribution is 5.46. The molecule has 1 N–H and O–H groups in total. The number of hydrogen-bond donors (Lipinski definition) is 1. The second-order valence-corrected chi connectivity index (χ2v) is 4.82. The van der Waals surface area contributed by atoms with E-state index in [4.69, 9.17) is 5.26 Å². The molecule has 0 saturated heterocycles. The van der Waals surface area contributed by atoms with Gasteiger partial charge in [-0.05, 0) is 30.9 Å². The standard InChI is InChI=1S/C14H19N3/c1-2-11-4-3-5-12(8-11)17-13-6-7-16-14(9-13)10-15/h6-7,9,11-12H,2-5,8H2,1H3,(H,16,17). The van der Waals surface area contributed by atoms with Crippen molar-refractivity contribution >= 4 is 5.69 Å². The van der Waals surface area contributed by atoms with Crippen LogP contribution in [0.5, 0.6) is 0 Å². The van der Waals surface area contributed by atoms with E-state index in [-0.39, 0.29) is 0 Å². The van der Waals surface area contributed by atoms with Gasteiger partial charge in [-0.2, -0.15) is 5.26 Å². The fraction of sp³-hybridized carbons (Fsp3) is 0.571. The van der Waals surface area contributed by atoms with E-state index in [1.807, 2.05) is 12.1 Å². The molecule has 3 heteroatoms. The number of anilines is 1. The van der Waals surface area contributed by atoms with Crippen LogP contribution in [0.15, 0.2) is 18.3 Å². The molecule has 0 radical (unpaired) electrons. The summed E-state index contributed by atoms with van der Waals surface area (Å²) in [6, 6.07) is 6.40. The third kappa shape index (κ3) is 3.20. The summed E-state index contributed by atoms with van der Waals surface area (Å²) < 4.78 is 0. The zero-order valence-corrected chi connectivity index (χ0v) is 10.3. The van der Waals surface area contributed by atoms with Crippen LogP contribution in [0.1, 0.15) is 44.7 Å². The van der Waals surface area contributed by atoms with Crippen molar-refractivity contribution in [1.82, 2.24) is 4.98 Å². The van der Waals surface area contributed by atoms with Crippen LogP contribution in [-0.2, 0) is 0 Å². The monoisotopic (exact) mass is 229 g/mol. The van der Waals surface area contributed by atoms with Gasteiger partial charge in [0.15, 0.2) is 0 Å². The molecule has 90 valence electrons. The summed E-state index contributed by atoms with van der Waals surface area (Å²) in [7, 11) is 0. The van der Waals surface area contributed by atoms with Gasteiger partial charge in [0.1, 0.15) is 11.8 Å². The number of pyridine rings is 1. The molecule has 2 atom stereocenters.